The number of nitrogens with zero attached hydrogens (tertiary/aromatic N) is 2. The third-order valence-corrected chi connectivity index (χ3v) is 3.01. The van der Waals surface area contributed by atoms with Gasteiger partial charge in [0.25, 0.3) is 0 Å². The Hall–Kier alpha value is -0.830. The second kappa shape index (κ2) is 2.84. The topological polar surface area (TPSA) is 29.9 Å². The van der Waals surface area contributed by atoms with Gasteiger partial charge < -0.3 is 5.32 Å². The Balaban J connectivity index is 1.79. The van der Waals surface area contributed by atoms with E-state index in [9.17, 15) is 0 Å². The Morgan fingerprint density at radius 2 is 2.31 bits per heavy atom. The Morgan fingerprint density at radius 1 is 1.38 bits per heavy atom. The van der Waals surface area contributed by atoms with E-state index in [0.29, 0.717) is 6.04 Å². The number of nitrogens with one attached hydrogen (secondary N) is 1. The van der Waals surface area contributed by atoms with Gasteiger partial charge in [-0.05, 0) is 32.2 Å². The molecule has 1 N–H and O–H groups in total. The number of rotatable bonds is 2. The molecular weight excluding hydrogens is 162 g/mol. The van der Waals surface area contributed by atoms with Crippen LogP contribution in [-0.2, 0) is 0 Å². The standard InChI is InChI=1S/C10H15N3/c1-2-10(11-5-1)8-6-12-13(7-8)9-3-4-9/h6-7,9-11H,1-5H2. The quantitative estimate of drug-likeness (QED) is 0.744. The predicted molar refractivity (Wildman–Crippen MR) is 50.5 cm³/mol. The van der Waals surface area contributed by atoms with Crippen molar-refractivity contribution in [2.75, 3.05) is 6.54 Å². The van der Waals surface area contributed by atoms with Crippen LogP contribution in [0.5, 0.6) is 0 Å². The van der Waals surface area contributed by atoms with E-state index in [4.69, 9.17) is 0 Å². The Bertz CT molecular complexity index is 295. The van der Waals surface area contributed by atoms with Crippen LogP contribution in [0.1, 0.15) is 43.3 Å². The summed E-state index contributed by atoms with van der Waals surface area (Å²) in [6.45, 7) is 1.17. The van der Waals surface area contributed by atoms with Crippen molar-refractivity contribution in [3.8, 4) is 0 Å². The number of hydrogen-bond acceptors (Lipinski definition) is 2. The smallest absolute Gasteiger partial charge is 0.0537 e. The van der Waals surface area contributed by atoms with Crippen LogP contribution < -0.4 is 5.32 Å². The van der Waals surface area contributed by atoms with Gasteiger partial charge in [-0.25, -0.2) is 0 Å². The van der Waals surface area contributed by atoms with E-state index < -0.39 is 0 Å². The number of aromatic nitrogens is 2. The monoisotopic (exact) mass is 177 g/mol. The molecule has 0 aromatic carbocycles. The molecule has 2 aliphatic rings. The van der Waals surface area contributed by atoms with E-state index in [1.165, 1.54) is 37.8 Å². The summed E-state index contributed by atoms with van der Waals surface area (Å²) < 4.78 is 2.13. The maximum atomic E-state index is 4.40. The molecule has 0 bridgehead atoms. The van der Waals surface area contributed by atoms with Crippen molar-refractivity contribution in [2.24, 2.45) is 0 Å². The molecule has 70 valence electrons. The van der Waals surface area contributed by atoms with Crippen molar-refractivity contribution in [1.82, 2.24) is 15.1 Å². The minimum atomic E-state index is 0.576. The summed E-state index contributed by atoms with van der Waals surface area (Å²) in [6.07, 6.45) is 9.47. The highest BCUT2D eigenvalue weighted by Crippen LogP contribution is 2.35. The summed E-state index contributed by atoms with van der Waals surface area (Å²) in [7, 11) is 0. The van der Waals surface area contributed by atoms with Crippen LogP contribution >= 0.6 is 0 Å². The maximum absolute atomic E-state index is 4.40. The highest BCUT2D eigenvalue weighted by Gasteiger charge is 2.25. The first-order valence-electron chi connectivity index (χ1n) is 5.21. The van der Waals surface area contributed by atoms with Gasteiger partial charge in [-0.2, -0.15) is 5.10 Å². The highest BCUT2D eigenvalue weighted by molar-refractivity contribution is 5.12. The van der Waals surface area contributed by atoms with E-state index >= 15 is 0 Å². The van der Waals surface area contributed by atoms with Crippen molar-refractivity contribution in [3.05, 3.63) is 18.0 Å². The molecule has 1 saturated carbocycles. The maximum Gasteiger partial charge on any atom is 0.0537 e. The highest BCUT2D eigenvalue weighted by atomic mass is 15.3. The lowest BCUT2D eigenvalue weighted by Gasteiger charge is -2.05. The fraction of sp³-hybridized carbons (Fsp3) is 0.700. The van der Waals surface area contributed by atoms with Crippen LogP contribution in [0.4, 0.5) is 0 Å². The van der Waals surface area contributed by atoms with Crippen molar-refractivity contribution in [1.29, 1.82) is 0 Å². The van der Waals surface area contributed by atoms with Crippen LogP contribution in [0.3, 0.4) is 0 Å². The molecule has 3 nitrogen and oxygen atoms in total. The molecular formula is C10H15N3. The molecule has 3 rings (SSSR count). The summed E-state index contributed by atoms with van der Waals surface area (Å²) >= 11 is 0. The van der Waals surface area contributed by atoms with Crippen molar-refractivity contribution < 1.29 is 0 Å². The second-order valence-corrected chi connectivity index (χ2v) is 4.13. The van der Waals surface area contributed by atoms with Gasteiger partial charge in [-0.15, -0.1) is 0 Å². The van der Waals surface area contributed by atoms with Crippen molar-refractivity contribution >= 4 is 0 Å². The molecule has 0 amide bonds. The molecule has 13 heavy (non-hydrogen) atoms. The van der Waals surface area contributed by atoms with Crippen LogP contribution in [0.25, 0.3) is 0 Å². The summed E-state index contributed by atoms with van der Waals surface area (Å²) in [5, 5.41) is 7.89. The molecule has 0 radical (unpaired) electrons. The first-order valence-corrected chi connectivity index (χ1v) is 5.21. The van der Waals surface area contributed by atoms with E-state index in [2.05, 4.69) is 21.3 Å². The lowest BCUT2D eigenvalue weighted by Crippen LogP contribution is -2.11. The van der Waals surface area contributed by atoms with Gasteiger partial charge in [0.1, 0.15) is 0 Å². The van der Waals surface area contributed by atoms with Gasteiger partial charge in [-0.3, -0.25) is 4.68 Å². The van der Waals surface area contributed by atoms with E-state index in [-0.39, 0.29) is 0 Å². The molecule has 1 saturated heterocycles. The molecule has 3 heteroatoms. The Labute approximate surface area is 78.1 Å². The van der Waals surface area contributed by atoms with Crippen LogP contribution in [0.2, 0.25) is 0 Å². The van der Waals surface area contributed by atoms with Gasteiger partial charge in [0, 0.05) is 17.8 Å². The van der Waals surface area contributed by atoms with Gasteiger partial charge in [0.15, 0.2) is 0 Å². The SMILES string of the molecule is c1nn(C2CC2)cc1C1CCCN1. The fourth-order valence-corrected chi connectivity index (χ4v) is 2.04. The molecule has 1 aliphatic heterocycles. The zero-order valence-corrected chi connectivity index (χ0v) is 7.74. The molecule has 1 atom stereocenters. The van der Waals surface area contributed by atoms with Crippen LogP contribution in [-0.4, -0.2) is 16.3 Å². The van der Waals surface area contributed by atoms with Crippen molar-refractivity contribution in [2.45, 2.75) is 37.8 Å². The van der Waals surface area contributed by atoms with Gasteiger partial charge in [0.2, 0.25) is 0 Å². The summed E-state index contributed by atoms with van der Waals surface area (Å²) in [5.41, 5.74) is 1.38. The summed E-state index contributed by atoms with van der Waals surface area (Å²) in [4.78, 5) is 0. The second-order valence-electron chi connectivity index (χ2n) is 4.13. The van der Waals surface area contributed by atoms with E-state index in [0.717, 1.165) is 6.04 Å². The van der Waals surface area contributed by atoms with Gasteiger partial charge in [0.05, 0.1) is 12.2 Å². The van der Waals surface area contributed by atoms with Crippen LogP contribution in [0, 0.1) is 0 Å². The minimum absolute atomic E-state index is 0.576. The lowest BCUT2D eigenvalue weighted by molar-refractivity contribution is 0.628. The van der Waals surface area contributed by atoms with Crippen LogP contribution in [0.15, 0.2) is 12.4 Å². The largest absolute Gasteiger partial charge is 0.310 e. The summed E-state index contributed by atoms with van der Waals surface area (Å²) in [5.74, 6) is 0. The fourth-order valence-electron chi connectivity index (χ4n) is 2.04. The van der Waals surface area contributed by atoms with Crippen molar-refractivity contribution in [3.63, 3.8) is 0 Å². The average molecular weight is 177 g/mol. The first-order chi connectivity index (χ1) is 6.43. The molecule has 1 aliphatic carbocycles. The minimum Gasteiger partial charge on any atom is -0.310 e. The zero-order valence-electron chi connectivity index (χ0n) is 7.74. The first kappa shape index (κ1) is 7.56. The van der Waals surface area contributed by atoms with E-state index in [1.54, 1.807) is 0 Å². The lowest BCUT2D eigenvalue weighted by atomic mass is 10.1. The Morgan fingerprint density at radius 3 is 3.00 bits per heavy atom. The molecule has 0 spiro atoms. The Kier molecular flexibility index (Phi) is 1.65. The van der Waals surface area contributed by atoms with E-state index in [1.807, 2.05) is 6.20 Å². The van der Waals surface area contributed by atoms with Gasteiger partial charge >= 0.3 is 0 Å². The summed E-state index contributed by atoms with van der Waals surface area (Å²) in [6, 6.07) is 1.29. The third kappa shape index (κ3) is 1.37. The molecule has 1 aromatic heterocycles. The normalized spacial score (nSPS) is 28.2. The average Bonchev–Trinajstić information content (AvgIpc) is 2.72. The third-order valence-electron chi connectivity index (χ3n) is 3.01. The zero-order chi connectivity index (χ0) is 8.67. The molecule has 1 aromatic rings. The molecule has 1 unspecified atom stereocenters. The molecule has 2 heterocycles. The van der Waals surface area contributed by atoms with Gasteiger partial charge in [-0.1, -0.05) is 0 Å². The molecule has 2 fully saturated rings. The number of hydrogen-bond donors (Lipinski definition) is 1. The predicted octanol–water partition coefficient (Wildman–Crippen LogP) is 1.64.